The molecule has 0 bridgehead atoms. The summed E-state index contributed by atoms with van der Waals surface area (Å²) in [6, 6.07) is 7.53. The van der Waals surface area contributed by atoms with Crippen molar-refractivity contribution in [2.24, 2.45) is 17.8 Å². The fourth-order valence-corrected chi connectivity index (χ4v) is 3.37. The van der Waals surface area contributed by atoms with Gasteiger partial charge in [0.15, 0.2) is 0 Å². The minimum absolute atomic E-state index is 0.349. The number of carbonyl (C=O) groups excluding carboxylic acids is 1. The standard InChI is InChI=1S/C16H18N4OS/c1-20-16(18-13-5-3-2-4-6-13)22-15(19-20)12-9-7-11(8-10-12)14(17)21/h2-3,7-10,13H,4-6H2,1H3,(H2,17,21)/b18-16+. The van der Waals surface area contributed by atoms with Gasteiger partial charge in [-0.05, 0) is 31.4 Å². The van der Waals surface area contributed by atoms with Crippen LogP contribution in [0.15, 0.2) is 41.4 Å². The Hall–Kier alpha value is -2.21. The Bertz CT molecular complexity index is 770. The lowest BCUT2D eigenvalue weighted by Crippen LogP contribution is -2.17. The van der Waals surface area contributed by atoms with E-state index in [0.29, 0.717) is 11.6 Å². The molecule has 5 nitrogen and oxygen atoms in total. The number of nitrogens with zero attached hydrogens (tertiary/aromatic N) is 3. The maximum atomic E-state index is 11.1. The second kappa shape index (κ2) is 6.27. The lowest BCUT2D eigenvalue weighted by Gasteiger charge is -2.11. The SMILES string of the molecule is Cn1nc(-c2ccc(C(N)=O)cc2)s/c1=N/C1CC=CCC1. The molecule has 0 fully saturated rings. The minimum atomic E-state index is -0.419. The van der Waals surface area contributed by atoms with E-state index < -0.39 is 5.91 Å². The average Bonchev–Trinajstić information content (AvgIpc) is 2.89. The molecule has 0 radical (unpaired) electrons. The molecular formula is C16H18N4OS. The van der Waals surface area contributed by atoms with Gasteiger partial charge in [0.1, 0.15) is 5.01 Å². The number of rotatable bonds is 3. The van der Waals surface area contributed by atoms with Crippen LogP contribution in [0.5, 0.6) is 0 Å². The number of aromatic nitrogens is 2. The van der Waals surface area contributed by atoms with Gasteiger partial charge in [-0.25, -0.2) is 4.68 Å². The number of carbonyl (C=O) groups is 1. The van der Waals surface area contributed by atoms with Crippen LogP contribution in [0.1, 0.15) is 29.6 Å². The fourth-order valence-electron chi connectivity index (χ4n) is 2.41. The summed E-state index contributed by atoms with van der Waals surface area (Å²) in [5.74, 6) is -0.419. The number of allylic oxidation sites excluding steroid dienone is 1. The molecule has 1 aromatic carbocycles. The number of nitrogens with two attached hydrogens (primary N) is 1. The highest BCUT2D eigenvalue weighted by Crippen LogP contribution is 2.20. The lowest BCUT2D eigenvalue weighted by molar-refractivity contribution is 0.100. The summed E-state index contributed by atoms with van der Waals surface area (Å²) in [6.45, 7) is 0. The van der Waals surface area contributed by atoms with Crippen LogP contribution in [-0.2, 0) is 7.05 Å². The molecule has 1 atom stereocenters. The van der Waals surface area contributed by atoms with E-state index in [-0.39, 0.29) is 0 Å². The zero-order valence-electron chi connectivity index (χ0n) is 12.4. The van der Waals surface area contributed by atoms with E-state index in [0.717, 1.165) is 34.6 Å². The predicted molar refractivity (Wildman–Crippen MR) is 87.4 cm³/mol. The average molecular weight is 314 g/mol. The monoisotopic (exact) mass is 314 g/mol. The summed E-state index contributed by atoms with van der Waals surface area (Å²) in [4.78, 5) is 16.8. The van der Waals surface area contributed by atoms with Crippen molar-refractivity contribution in [1.29, 1.82) is 0 Å². The van der Waals surface area contributed by atoms with Gasteiger partial charge >= 0.3 is 0 Å². The van der Waals surface area contributed by atoms with Gasteiger partial charge in [-0.2, -0.15) is 5.10 Å². The Morgan fingerprint density at radius 2 is 2.14 bits per heavy atom. The number of benzene rings is 1. The van der Waals surface area contributed by atoms with Crippen LogP contribution < -0.4 is 10.5 Å². The third-order valence-corrected chi connectivity index (χ3v) is 4.72. The summed E-state index contributed by atoms with van der Waals surface area (Å²) in [5.41, 5.74) is 6.73. The first-order valence-electron chi connectivity index (χ1n) is 7.26. The highest BCUT2D eigenvalue weighted by molar-refractivity contribution is 7.12. The molecule has 3 rings (SSSR count). The first-order chi connectivity index (χ1) is 10.6. The Morgan fingerprint density at radius 1 is 1.36 bits per heavy atom. The molecule has 6 heteroatoms. The van der Waals surface area contributed by atoms with Crippen LogP contribution in [0.2, 0.25) is 0 Å². The summed E-state index contributed by atoms with van der Waals surface area (Å²) in [5, 5.41) is 5.42. The van der Waals surface area contributed by atoms with Crippen LogP contribution >= 0.6 is 11.3 Å². The lowest BCUT2D eigenvalue weighted by atomic mass is 10.0. The Kier molecular flexibility index (Phi) is 4.20. The quantitative estimate of drug-likeness (QED) is 0.883. The topological polar surface area (TPSA) is 73.3 Å². The van der Waals surface area contributed by atoms with E-state index in [9.17, 15) is 4.79 Å². The minimum Gasteiger partial charge on any atom is -0.366 e. The number of hydrogen-bond donors (Lipinski definition) is 1. The molecule has 2 N–H and O–H groups in total. The molecule has 1 heterocycles. The highest BCUT2D eigenvalue weighted by Gasteiger charge is 2.10. The summed E-state index contributed by atoms with van der Waals surface area (Å²) >= 11 is 1.57. The van der Waals surface area contributed by atoms with Crippen molar-refractivity contribution in [3.63, 3.8) is 0 Å². The van der Waals surface area contributed by atoms with Crippen LogP contribution in [0.4, 0.5) is 0 Å². The van der Waals surface area contributed by atoms with Gasteiger partial charge in [0.2, 0.25) is 10.7 Å². The summed E-state index contributed by atoms with van der Waals surface area (Å²) < 4.78 is 1.82. The third kappa shape index (κ3) is 3.17. The second-order valence-corrected chi connectivity index (χ2v) is 6.28. The van der Waals surface area contributed by atoms with Crippen molar-refractivity contribution in [2.45, 2.75) is 25.3 Å². The Balaban J connectivity index is 1.89. The van der Waals surface area contributed by atoms with Crippen LogP contribution in [0, 0.1) is 0 Å². The number of aryl methyl sites for hydroxylation is 1. The number of hydrogen-bond acceptors (Lipinski definition) is 4. The fraction of sp³-hybridized carbons (Fsp3) is 0.312. The molecule has 1 unspecified atom stereocenters. The molecule has 0 saturated carbocycles. The van der Waals surface area contributed by atoms with Crippen molar-refractivity contribution >= 4 is 17.2 Å². The maximum absolute atomic E-state index is 11.1. The summed E-state index contributed by atoms with van der Waals surface area (Å²) in [6.07, 6.45) is 7.60. The van der Waals surface area contributed by atoms with Gasteiger partial charge < -0.3 is 5.73 Å². The van der Waals surface area contributed by atoms with Crippen LogP contribution in [0.3, 0.4) is 0 Å². The normalized spacial score (nSPS) is 18.6. The molecule has 1 aliphatic carbocycles. The van der Waals surface area contributed by atoms with Gasteiger partial charge in [0, 0.05) is 18.2 Å². The van der Waals surface area contributed by atoms with Crippen LogP contribution in [0.25, 0.3) is 10.6 Å². The first kappa shape index (κ1) is 14.7. The van der Waals surface area contributed by atoms with E-state index >= 15 is 0 Å². The van der Waals surface area contributed by atoms with E-state index in [1.165, 1.54) is 0 Å². The van der Waals surface area contributed by atoms with E-state index in [2.05, 4.69) is 17.3 Å². The van der Waals surface area contributed by atoms with Crippen molar-refractivity contribution < 1.29 is 4.79 Å². The van der Waals surface area contributed by atoms with E-state index in [1.807, 2.05) is 23.9 Å². The summed E-state index contributed by atoms with van der Waals surface area (Å²) in [7, 11) is 1.91. The van der Waals surface area contributed by atoms with Crippen molar-refractivity contribution in [3.05, 3.63) is 46.8 Å². The van der Waals surface area contributed by atoms with E-state index in [1.54, 1.807) is 23.5 Å². The largest absolute Gasteiger partial charge is 0.366 e. The van der Waals surface area contributed by atoms with Crippen LogP contribution in [-0.4, -0.2) is 21.7 Å². The predicted octanol–water partition coefficient (Wildman–Crippen LogP) is 2.26. The molecule has 22 heavy (non-hydrogen) atoms. The molecule has 114 valence electrons. The molecule has 1 amide bonds. The number of primary amides is 1. The molecule has 1 aromatic heterocycles. The molecule has 1 aliphatic rings. The van der Waals surface area contributed by atoms with Crippen molar-refractivity contribution in [3.8, 4) is 10.6 Å². The van der Waals surface area contributed by atoms with Crippen molar-refractivity contribution in [2.75, 3.05) is 0 Å². The van der Waals surface area contributed by atoms with Gasteiger partial charge in [-0.1, -0.05) is 35.6 Å². The Morgan fingerprint density at radius 3 is 2.77 bits per heavy atom. The molecule has 2 aromatic rings. The maximum Gasteiger partial charge on any atom is 0.248 e. The third-order valence-electron chi connectivity index (χ3n) is 3.66. The van der Waals surface area contributed by atoms with E-state index in [4.69, 9.17) is 10.7 Å². The molecule has 0 aliphatic heterocycles. The molecular weight excluding hydrogens is 296 g/mol. The zero-order valence-corrected chi connectivity index (χ0v) is 13.2. The van der Waals surface area contributed by atoms with Gasteiger partial charge in [-0.3, -0.25) is 9.79 Å². The number of amides is 1. The molecule has 0 saturated heterocycles. The van der Waals surface area contributed by atoms with Gasteiger partial charge in [0.05, 0.1) is 6.04 Å². The smallest absolute Gasteiger partial charge is 0.248 e. The highest BCUT2D eigenvalue weighted by atomic mass is 32.1. The van der Waals surface area contributed by atoms with Gasteiger partial charge in [-0.15, -0.1) is 0 Å². The van der Waals surface area contributed by atoms with Gasteiger partial charge in [0.25, 0.3) is 0 Å². The Labute approximate surface area is 132 Å². The second-order valence-electron chi connectivity index (χ2n) is 5.32. The first-order valence-corrected chi connectivity index (χ1v) is 8.08. The zero-order chi connectivity index (χ0) is 15.5. The van der Waals surface area contributed by atoms with Crippen molar-refractivity contribution in [1.82, 2.24) is 9.78 Å². The molecule has 0 spiro atoms.